The molecule has 0 aliphatic heterocycles. The lowest BCUT2D eigenvalue weighted by atomic mass is 10.1. The Morgan fingerprint density at radius 1 is 1.38 bits per heavy atom. The number of amides is 1. The molecule has 2 rings (SSSR count). The van der Waals surface area contributed by atoms with Gasteiger partial charge < -0.3 is 9.42 Å². The van der Waals surface area contributed by atoms with Crippen molar-refractivity contribution < 1.29 is 9.32 Å². The summed E-state index contributed by atoms with van der Waals surface area (Å²) in [7, 11) is 1.74. The van der Waals surface area contributed by atoms with Gasteiger partial charge in [-0.05, 0) is 32.4 Å². The molecule has 2 aromatic heterocycles. The Hall–Kier alpha value is -1.88. The zero-order chi connectivity index (χ0) is 15.6. The van der Waals surface area contributed by atoms with E-state index < -0.39 is 0 Å². The van der Waals surface area contributed by atoms with Crippen LogP contribution in [-0.2, 0) is 13.0 Å². The predicted molar refractivity (Wildman–Crippen MR) is 80.4 cm³/mol. The Kier molecular flexibility index (Phi) is 4.63. The number of carbonyl (C=O) groups excluding carboxylic acids is 1. The van der Waals surface area contributed by atoms with Gasteiger partial charge in [0, 0.05) is 23.9 Å². The zero-order valence-electron chi connectivity index (χ0n) is 12.6. The Morgan fingerprint density at radius 3 is 2.67 bits per heavy atom. The maximum atomic E-state index is 12.5. The molecule has 0 saturated carbocycles. The highest BCUT2D eigenvalue weighted by atomic mass is 35.5. The van der Waals surface area contributed by atoms with E-state index in [1.165, 1.54) is 0 Å². The van der Waals surface area contributed by atoms with Crippen LogP contribution in [0.2, 0.25) is 5.15 Å². The van der Waals surface area contributed by atoms with Gasteiger partial charge in [-0.2, -0.15) is 0 Å². The minimum atomic E-state index is -0.103. The minimum absolute atomic E-state index is 0.103. The summed E-state index contributed by atoms with van der Waals surface area (Å²) in [5.41, 5.74) is 3.08. The second-order valence-corrected chi connectivity index (χ2v) is 5.37. The third kappa shape index (κ3) is 3.42. The van der Waals surface area contributed by atoms with Crippen LogP contribution in [0.15, 0.2) is 16.7 Å². The summed E-state index contributed by atoms with van der Waals surface area (Å²) in [6, 6.07) is 3.37. The molecule has 0 bridgehead atoms. The Labute approximate surface area is 128 Å². The van der Waals surface area contributed by atoms with Gasteiger partial charge >= 0.3 is 0 Å². The Morgan fingerprint density at radius 2 is 2.10 bits per heavy atom. The van der Waals surface area contributed by atoms with Crippen LogP contribution < -0.4 is 0 Å². The van der Waals surface area contributed by atoms with E-state index in [0.717, 1.165) is 29.1 Å². The molecular weight excluding hydrogens is 290 g/mol. The summed E-state index contributed by atoms with van der Waals surface area (Å²) in [6.45, 7) is 6.12. The molecule has 0 aliphatic carbocycles. The number of aromatic nitrogens is 2. The number of nitrogens with zero attached hydrogens (tertiary/aromatic N) is 3. The molecule has 112 valence electrons. The van der Waals surface area contributed by atoms with Gasteiger partial charge in [-0.1, -0.05) is 23.7 Å². The van der Waals surface area contributed by atoms with Crippen molar-refractivity contribution in [1.29, 1.82) is 0 Å². The molecular formula is C15H18ClN3O2. The lowest BCUT2D eigenvalue weighted by Gasteiger charge is -2.17. The third-order valence-electron chi connectivity index (χ3n) is 3.38. The van der Waals surface area contributed by atoms with Crippen molar-refractivity contribution >= 4 is 17.5 Å². The van der Waals surface area contributed by atoms with E-state index in [9.17, 15) is 4.79 Å². The highest BCUT2D eigenvalue weighted by Crippen LogP contribution is 2.17. The molecule has 2 heterocycles. The van der Waals surface area contributed by atoms with Crippen molar-refractivity contribution in [3.05, 3.63) is 45.6 Å². The van der Waals surface area contributed by atoms with Crippen molar-refractivity contribution in [2.75, 3.05) is 7.05 Å². The van der Waals surface area contributed by atoms with Crippen LogP contribution >= 0.6 is 11.6 Å². The highest BCUT2D eigenvalue weighted by molar-refractivity contribution is 6.29. The fourth-order valence-electron chi connectivity index (χ4n) is 2.11. The van der Waals surface area contributed by atoms with Gasteiger partial charge in [0.2, 0.25) is 0 Å². The van der Waals surface area contributed by atoms with Crippen molar-refractivity contribution in [1.82, 2.24) is 15.0 Å². The van der Waals surface area contributed by atoms with E-state index in [2.05, 4.69) is 10.1 Å². The van der Waals surface area contributed by atoms with E-state index in [1.54, 1.807) is 24.1 Å². The number of aryl methyl sites for hydroxylation is 3. The van der Waals surface area contributed by atoms with E-state index in [4.69, 9.17) is 16.1 Å². The molecule has 1 amide bonds. The van der Waals surface area contributed by atoms with Crippen LogP contribution in [0.3, 0.4) is 0 Å². The third-order valence-corrected chi connectivity index (χ3v) is 3.57. The van der Waals surface area contributed by atoms with E-state index in [-0.39, 0.29) is 5.91 Å². The highest BCUT2D eigenvalue weighted by Gasteiger charge is 2.17. The van der Waals surface area contributed by atoms with Crippen LogP contribution in [0, 0.1) is 13.8 Å². The number of carbonyl (C=O) groups is 1. The van der Waals surface area contributed by atoms with Crippen LogP contribution in [0.4, 0.5) is 0 Å². The van der Waals surface area contributed by atoms with E-state index in [1.807, 2.05) is 20.8 Å². The average molecular weight is 308 g/mol. The molecule has 6 heteroatoms. The first kappa shape index (κ1) is 15.5. The normalized spacial score (nSPS) is 10.7. The molecule has 0 unspecified atom stereocenters. The maximum absolute atomic E-state index is 12.5. The number of hydrogen-bond donors (Lipinski definition) is 0. The molecule has 0 atom stereocenters. The number of pyridine rings is 1. The van der Waals surface area contributed by atoms with Gasteiger partial charge in [0.25, 0.3) is 5.91 Å². The van der Waals surface area contributed by atoms with Crippen LogP contribution in [0.5, 0.6) is 0 Å². The first-order valence-corrected chi connectivity index (χ1v) is 7.13. The topological polar surface area (TPSA) is 59.2 Å². The molecule has 0 radical (unpaired) electrons. The van der Waals surface area contributed by atoms with Gasteiger partial charge in [-0.25, -0.2) is 4.98 Å². The first-order chi connectivity index (χ1) is 9.92. The van der Waals surface area contributed by atoms with Crippen molar-refractivity contribution in [2.24, 2.45) is 0 Å². The van der Waals surface area contributed by atoms with Gasteiger partial charge in [-0.15, -0.1) is 0 Å². The molecule has 0 spiro atoms. The Balaban J connectivity index is 2.21. The first-order valence-electron chi connectivity index (χ1n) is 6.76. The van der Waals surface area contributed by atoms with Gasteiger partial charge in [0.15, 0.2) is 0 Å². The van der Waals surface area contributed by atoms with Gasteiger partial charge in [0.05, 0.1) is 12.2 Å². The number of halogens is 1. The van der Waals surface area contributed by atoms with Crippen molar-refractivity contribution in [3.8, 4) is 0 Å². The molecule has 0 aliphatic rings. The summed E-state index contributed by atoms with van der Waals surface area (Å²) < 4.78 is 5.12. The average Bonchev–Trinajstić information content (AvgIpc) is 2.77. The fraction of sp³-hybridized carbons (Fsp3) is 0.400. The summed E-state index contributed by atoms with van der Waals surface area (Å²) in [5, 5.41) is 4.24. The van der Waals surface area contributed by atoms with Crippen LogP contribution in [-0.4, -0.2) is 28.0 Å². The SMILES string of the molecule is CCc1cc(C(=O)N(C)Cc2c(C)noc2C)cc(Cl)n1. The molecule has 2 aromatic rings. The van der Waals surface area contributed by atoms with E-state index in [0.29, 0.717) is 17.3 Å². The molecule has 0 aromatic carbocycles. The molecule has 5 nitrogen and oxygen atoms in total. The van der Waals surface area contributed by atoms with Crippen molar-refractivity contribution in [3.63, 3.8) is 0 Å². The summed E-state index contributed by atoms with van der Waals surface area (Å²) in [4.78, 5) is 18.3. The minimum Gasteiger partial charge on any atom is -0.361 e. The van der Waals surface area contributed by atoms with Gasteiger partial charge in [-0.3, -0.25) is 4.79 Å². The monoisotopic (exact) mass is 307 g/mol. The van der Waals surface area contributed by atoms with E-state index >= 15 is 0 Å². The second kappa shape index (κ2) is 6.26. The lowest BCUT2D eigenvalue weighted by molar-refractivity contribution is 0.0784. The summed E-state index contributed by atoms with van der Waals surface area (Å²) in [5.74, 6) is 0.628. The largest absolute Gasteiger partial charge is 0.361 e. The maximum Gasteiger partial charge on any atom is 0.254 e. The van der Waals surface area contributed by atoms with Crippen LogP contribution in [0.25, 0.3) is 0 Å². The van der Waals surface area contributed by atoms with Gasteiger partial charge in [0.1, 0.15) is 10.9 Å². The molecule has 0 saturated heterocycles. The lowest BCUT2D eigenvalue weighted by Crippen LogP contribution is -2.26. The fourth-order valence-corrected chi connectivity index (χ4v) is 2.34. The quantitative estimate of drug-likeness (QED) is 0.814. The summed E-state index contributed by atoms with van der Waals surface area (Å²) in [6.07, 6.45) is 0.731. The predicted octanol–water partition coefficient (Wildman–Crippen LogP) is 3.17. The smallest absolute Gasteiger partial charge is 0.254 e. The molecule has 21 heavy (non-hydrogen) atoms. The number of hydrogen-bond acceptors (Lipinski definition) is 4. The Bertz CT molecular complexity index is 647. The number of rotatable bonds is 4. The molecule has 0 fully saturated rings. The van der Waals surface area contributed by atoms with Crippen molar-refractivity contribution in [2.45, 2.75) is 33.7 Å². The standard InChI is InChI=1S/C15H18ClN3O2/c1-5-12-6-11(7-14(16)17-12)15(20)19(4)8-13-9(2)18-21-10(13)3/h6-7H,5,8H2,1-4H3. The zero-order valence-corrected chi connectivity index (χ0v) is 13.4. The second-order valence-electron chi connectivity index (χ2n) is 4.99. The van der Waals surface area contributed by atoms with Crippen LogP contribution in [0.1, 0.15) is 40.0 Å². The molecule has 0 N–H and O–H groups in total. The summed E-state index contributed by atoms with van der Waals surface area (Å²) >= 11 is 5.96.